The second-order valence-corrected chi connectivity index (χ2v) is 9.55. The molecule has 2 N–H and O–H groups in total. The van der Waals surface area contributed by atoms with Gasteiger partial charge in [-0.25, -0.2) is 4.39 Å². The van der Waals surface area contributed by atoms with E-state index < -0.39 is 5.82 Å². The Balaban J connectivity index is 1.25. The van der Waals surface area contributed by atoms with Crippen molar-refractivity contribution in [2.75, 3.05) is 13.7 Å². The number of rotatable bonds is 7. The van der Waals surface area contributed by atoms with Crippen LogP contribution >= 0.6 is 0 Å². The highest BCUT2D eigenvalue weighted by Crippen LogP contribution is 2.61. The molecule has 0 aromatic heterocycles. The van der Waals surface area contributed by atoms with Crippen LogP contribution in [-0.2, 0) is 9.59 Å². The Morgan fingerprint density at radius 2 is 1.76 bits per heavy atom. The van der Waals surface area contributed by atoms with E-state index in [4.69, 9.17) is 4.74 Å². The number of nitrogens with one attached hydrogen (secondary N) is 2. The number of hydrogen-bond acceptors (Lipinski definition) is 3. The van der Waals surface area contributed by atoms with Crippen LogP contribution in [0.25, 0.3) is 0 Å². The highest BCUT2D eigenvalue weighted by atomic mass is 19.1. The zero-order valence-corrected chi connectivity index (χ0v) is 17.3. The van der Waals surface area contributed by atoms with Gasteiger partial charge in [-0.15, -0.1) is 0 Å². The van der Waals surface area contributed by atoms with Crippen molar-refractivity contribution in [1.29, 1.82) is 0 Å². The van der Waals surface area contributed by atoms with E-state index in [9.17, 15) is 14.0 Å². The van der Waals surface area contributed by atoms with Crippen LogP contribution in [0.2, 0.25) is 0 Å². The second kappa shape index (κ2) is 7.96. The minimum atomic E-state index is -0.463. The van der Waals surface area contributed by atoms with Gasteiger partial charge >= 0.3 is 0 Å². The van der Waals surface area contributed by atoms with Crippen LogP contribution in [-0.4, -0.2) is 25.5 Å². The molecule has 29 heavy (non-hydrogen) atoms. The van der Waals surface area contributed by atoms with Crippen molar-refractivity contribution in [3.05, 3.63) is 29.6 Å². The molecule has 6 heteroatoms. The lowest BCUT2D eigenvalue weighted by Crippen LogP contribution is -2.48. The summed E-state index contributed by atoms with van der Waals surface area (Å²) in [7, 11) is 1.41. The number of benzene rings is 1. The lowest BCUT2D eigenvalue weighted by atomic mass is 9.49. The monoisotopic (exact) mass is 402 g/mol. The molecule has 5 nitrogen and oxygen atoms in total. The van der Waals surface area contributed by atoms with E-state index in [2.05, 4.69) is 10.6 Å². The third-order valence-corrected chi connectivity index (χ3v) is 7.20. The molecule has 4 fully saturated rings. The number of ether oxygens (including phenoxy) is 1. The minimum Gasteiger partial charge on any atom is -0.494 e. The van der Waals surface area contributed by atoms with Crippen LogP contribution in [0.3, 0.4) is 0 Å². The van der Waals surface area contributed by atoms with Gasteiger partial charge in [-0.1, -0.05) is 6.07 Å². The molecule has 0 saturated heterocycles. The zero-order chi connectivity index (χ0) is 20.6. The Labute approximate surface area is 171 Å². The molecule has 1 aromatic rings. The maximum atomic E-state index is 13.9. The van der Waals surface area contributed by atoms with Gasteiger partial charge in [0, 0.05) is 6.42 Å². The average molecular weight is 403 g/mol. The molecule has 0 spiro atoms. The summed E-state index contributed by atoms with van der Waals surface area (Å²) in [5.41, 5.74) is 0.819. The van der Waals surface area contributed by atoms with Gasteiger partial charge in [0.15, 0.2) is 11.6 Å². The van der Waals surface area contributed by atoms with Gasteiger partial charge in [-0.2, -0.15) is 0 Å². The molecule has 158 valence electrons. The van der Waals surface area contributed by atoms with Crippen molar-refractivity contribution >= 4 is 11.8 Å². The van der Waals surface area contributed by atoms with Crippen molar-refractivity contribution in [3.63, 3.8) is 0 Å². The van der Waals surface area contributed by atoms with Gasteiger partial charge in [0.05, 0.1) is 19.7 Å². The van der Waals surface area contributed by atoms with Crippen molar-refractivity contribution in [2.45, 2.75) is 57.9 Å². The number of halogens is 1. The molecule has 5 rings (SSSR count). The highest BCUT2D eigenvalue weighted by molar-refractivity contribution is 5.85. The first-order valence-corrected chi connectivity index (χ1v) is 10.8. The summed E-state index contributed by atoms with van der Waals surface area (Å²) >= 11 is 0. The fourth-order valence-electron chi connectivity index (χ4n) is 6.42. The Hall–Kier alpha value is -2.11. The standard InChI is InChI=1S/C23H31FN2O3/c1-14(18-3-4-20(29-2)19(24)8-18)26-22(28)13-25-21(27)12-23-9-15-5-16(10-23)7-17(6-15)11-23/h3-4,8,14-17H,5-7,9-13H2,1-2H3,(H,25,27)(H,26,28)/t14-,15?,16?,17?,23?/m1/s1. The normalized spacial score (nSPS) is 30.7. The van der Waals surface area contributed by atoms with E-state index in [-0.39, 0.29) is 35.6 Å². The molecule has 0 unspecified atom stereocenters. The molecule has 2 amide bonds. The Bertz CT molecular complexity index is 759. The smallest absolute Gasteiger partial charge is 0.239 e. The van der Waals surface area contributed by atoms with E-state index in [1.165, 1.54) is 51.7 Å². The predicted octanol–water partition coefficient (Wildman–Crippen LogP) is 3.73. The first kappa shape index (κ1) is 20.2. The van der Waals surface area contributed by atoms with Gasteiger partial charge in [0.1, 0.15) is 0 Å². The Morgan fingerprint density at radius 3 is 2.31 bits per heavy atom. The van der Waals surface area contributed by atoms with Gasteiger partial charge in [0.2, 0.25) is 11.8 Å². The molecule has 4 saturated carbocycles. The first-order chi connectivity index (χ1) is 13.9. The van der Waals surface area contributed by atoms with E-state index in [0.29, 0.717) is 12.0 Å². The summed E-state index contributed by atoms with van der Waals surface area (Å²) in [6.45, 7) is 1.74. The van der Waals surface area contributed by atoms with Gasteiger partial charge in [-0.05, 0) is 86.3 Å². The van der Waals surface area contributed by atoms with Gasteiger partial charge in [0.25, 0.3) is 0 Å². The molecule has 0 aliphatic heterocycles. The summed E-state index contributed by atoms with van der Waals surface area (Å²) in [6.07, 6.45) is 8.15. The largest absolute Gasteiger partial charge is 0.494 e. The second-order valence-electron chi connectivity index (χ2n) is 9.55. The van der Waals surface area contributed by atoms with Crippen molar-refractivity contribution in [1.82, 2.24) is 10.6 Å². The summed E-state index contributed by atoms with van der Waals surface area (Å²) in [6, 6.07) is 4.26. The molecule has 4 aliphatic rings. The van der Waals surface area contributed by atoms with E-state index in [0.717, 1.165) is 17.8 Å². The minimum absolute atomic E-state index is 0.0229. The molecular weight excluding hydrogens is 371 g/mol. The van der Waals surface area contributed by atoms with Crippen LogP contribution in [0, 0.1) is 29.0 Å². The highest BCUT2D eigenvalue weighted by Gasteiger charge is 2.51. The fraction of sp³-hybridized carbons (Fsp3) is 0.652. The van der Waals surface area contributed by atoms with Crippen LogP contribution in [0.5, 0.6) is 5.75 Å². The number of carbonyl (C=O) groups excluding carboxylic acids is 2. The quantitative estimate of drug-likeness (QED) is 0.730. The molecule has 1 atom stereocenters. The van der Waals surface area contributed by atoms with Gasteiger partial charge in [-0.3, -0.25) is 9.59 Å². The van der Waals surface area contributed by atoms with Crippen LogP contribution in [0.15, 0.2) is 18.2 Å². The SMILES string of the molecule is COc1ccc([C@@H](C)NC(=O)CNC(=O)CC23CC4CC(CC(C4)C2)C3)cc1F. The summed E-state index contributed by atoms with van der Waals surface area (Å²) in [5.74, 6) is 1.84. The van der Waals surface area contributed by atoms with Crippen molar-refractivity contribution < 1.29 is 18.7 Å². The Kier molecular flexibility index (Phi) is 5.54. The lowest BCUT2D eigenvalue weighted by Gasteiger charge is -2.56. The maximum Gasteiger partial charge on any atom is 0.239 e. The Morgan fingerprint density at radius 1 is 1.14 bits per heavy atom. The van der Waals surface area contributed by atoms with Crippen LogP contribution in [0.1, 0.15) is 63.5 Å². The molecular formula is C23H31FN2O3. The van der Waals surface area contributed by atoms with Crippen molar-refractivity contribution in [3.8, 4) is 5.75 Å². The van der Waals surface area contributed by atoms with E-state index >= 15 is 0 Å². The van der Waals surface area contributed by atoms with Crippen molar-refractivity contribution in [2.24, 2.45) is 23.2 Å². The number of methoxy groups -OCH3 is 1. The molecule has 0 heterocycles. The third-order valence-electron chi connectivity index (χ3n) is 7.20. The van der Waals surface area contributed by atoms with E-state index in [1.807, 2.05) is 0 Å². The summed E-state index contributed by atoms with van der Waals surface area (Å²) in [5, 5.41) is 5.61. The molecule has 1 aromatic carbocycles. The number of hydrogen-bond donors (Lipinski definition) is 2. The van der Waals surface area contributed by atoms with E-state index in [1.54, 1.807) is 19.1 Å². The fourth-order valence-corrected chi connectivity index (χ4v) is 6.42. The third kappa shape index (κ3) is 4.41. The molecule has 0 radical (unpaired) electrons. The van der Waals surface area contributed by atoms with Crippen LogP contribution in [0.4, 0.5) is 4.39 Å². The average Bonchev–Trinajstić information content (AvgIpc) is 2.64. The predicted molar refractivity (Wildman–Crippen MR) is 108 cm³/mol. The van der Waals surface area contributed by atoms with Crippen LogP contribution < -0.4 is 15.4 Å². The lowest BCUT2D eigenvalue weighted by molar-refractivity contribution is -0.132. The first-order valence-electron chi connectivity index (χ1n) is 10.8. The summed E-state index contributed by atoms with van der Waals surface area (Å²) in [4.78, 5) is 24.8. The molecule has 4 bridgehead atoms. The zero-order valence-electron chi connectivity index (χ0n) is 17.3. The molecule has 4 aliphatic carbocycles. The summed E-state index contributed by atoms with van der Waals surface area (Å²) < 4.78 is 18.8. The topological polar surface area (TPSA) is 67.4 Å². The number of amides is 2. The van der Waals surface area contributed by atoms with Gasteiger partial charge < -0.3 is 15.4 Å². The maximum absolute atomic E-state index is 13.9. The number of carbonyl (C=O) groups is 2.